The average molecular weight is 352 g/mol. The number of aliphatic hydroxyl groups excluding tert-OH is 1. The molecule has 4 rings (SSSR count). The van der Waals surface area contributed by atoms with E-state index in [0.29, 0.717) is 16.9 Å². The number of hydrogen-bond acceptors (Lipinski definition) is 7. The zero-order chi connectivity index (χ0) is 18.3. The molecular weight excluding hydrogens is 332 g/mol. The molecule has 3 aromatic rings. The highest BCUT2D eigenvalue weighted by atomic mass is 16.3. The van der Waals surface area contributed by atoms with Crippen LogP contribution in [0.1, 0.15) is 19.8 Å². The van der Waals surface area contributed by atoms with Gasteiger partial charge in [-0.05, 0) is 37.3 Å². The number of nitrogens with zero attached hydrogens (tertiary/aromatic N) is 4. The van der Waals surface area contributed by atoms with Gasteiger partial charge in [0.25, 0.3) is 5.56 Å². The first-order valence-electron chi connectivity index (χ1n) is 8.50. The minimum Gasteiger partial charge on any atom is -0.395 e. The third kappa shape index (κ3) is 2.99. The van der Waals surface area contributed by atoms with Crippen LogP contribution >= 0.6 is 0 Å². The Balaban J connectivity index is 1.92. The van der Waals surface area contributed by atoms with Gasteiger partial charge in [0.2, 0.25) is 5.95 Å². The van der Waals surface area contributed by atoms with Crippen molar-refractivity contribution < 1.29 is 5.11 Å². The number of hydrogen-bond donors (Lipinski definition) is 3. The maximum Gasteiger partial charge on any atom is 0.262 e. The molecule has 0 unspecified atom stereocenters. The van der Waals surface area contributed by atoms with Gasteiger partial charge in [-0.3, -0.25) is 4.79 Å². The first kappa shape index (κ1) is 16.5. The molecule has 4 N–H and O–H groups in total. The van der Waals surface area contributed by atoms with Crippen molar-refractivity contribution in [1.29, 1.82) is 0 Å². The summed E-state index contributed by atoms with van der Waals surface area (Å²) >= 11 is 0. The lowest BCUT2D eigenvalue weighted by atomic mass is 10.1. The van der Waals surface area contributed by atoms with Gasteiger partial charge in [0.15, 0.2) is 0 Å². The number of fused-ring (bicyclic) bond motifs is 1. The first-order chi connectivity index (χ1) is 12.5. The molecule has 26 heavy (non-hydrogen) atoms. The van der Waals surface area contributed by atoms with Crippen LogP contribution in [0.15, 0.2) is 35.5 Å². The van der Waals surface area contributed by atoms with Gasteiger partial charge in [-0.2, -0.15) is 0 Å². The standard InChI is InChI=1S/C18H20N6O2/c1-18(3-4-18)23-15-14-11(2-5-24(6-7-25)16(14)26)8-13(22-15)12-9-20-17(19)21-10-12/h2,5,8-10,25H,3-4,6-7H2,1H3,(H,22,23)(H2,19,20,21). The lowest BCUT2D eigenvalue weighted by Gasteiger charge is -2.16. The van der Waals surface area contributed by atoms with Crippen molar-refractivity contribution >= 4 is 22.5 Å². The summed E-state index contributed by atoms with van der Waals surface area (Å²) in [4.78, 5) is 25.6. The van der Waals surface area contributed by atoms with E-state index in [-0.39, 0.29) is 30.2 Å². The smallest absolute Gasteiger partial charge is 0.262 e. The van der Waals surface area contributed by atoms with Gasteiger partial charge in [-0.15, -0.1) is 0 Å². The predicted molar refractivity (Wildman–Crippen MR) is 99.8 cm³/mol. The Labute approximate surface area is 149 Å². The van der Waals surface area contributed by atoms with Gasteiger partial charge in [-0.1, -0.05) is 0 Å². The fourth-order valence-electron chi connectivity index (χ4n) is 2.89. The van der Waals surface area contributed by atoms with E-state index >= 15 is 0 Å². The quantitative estimate of drug-likeness (QED) is 0.635. The molecule has 3 heterocycles. The fraction of sp³-hybridized carbons (Fsp3) is 0.333. The molecule has 3 aromatic heterocycles. The zero-order valence-electron chi connectivity index (χ0n) is 14.4. The highest BCUT2D eigenvalue weighted by molar-refractivity contribution is 5.94. The van der Waals surface area contributed by atoms with Crippen LogP contribution in [0.4, 0.5) is 11.8 Å². The molecule has 1 fully saturated rings. The van der Waals surface area contributed by atoms with Crippen LogP contribution in [0.2, 0.25) is 0 Å². The molecule has 8 heteroatoms. The largest absolute Gasteiger partial charge is 0.395 e. The van der Waals surface area contributed by atoms with E-state index < -0.39 is 0 Å². The Morgan fingerprint density at radius 2 is 2.08 bits per heavy atom. The number of aliphatic hydroxyl groups is 1. The first-order valence-corrected chi connectivity index (χ1v) is 8.50. The summed E-state index contributed by atoms with van der Waals surface area (Å²) in [7, 11) is 0. The monoisotopic (exact) mass is 352 g/mol. The Morgan fingerprint density at radius 3 is 2.73 bits per heavy atom. The maximum atomic E-state index is 12.9. The molecule has 0 amide bonds. The van der Waals surface area contributed by atoms with Gasteiger partial charge in [0, 0.05) is 36.2 Å². The zero-order valence-corrected chi connectivity index (χ0v) is 14.4. The van der Waals surface area contributed by atoms with Gasteiger partial charge in [0.1, 0.15) is 5.82 Å². The van der Waals surface area contributed by atoms with Crippen LogP contribution in [0.3, 0.4) is 0 Å². The van der Waals surface area contributed by atoms with Crippen molar-refractivity contribution in [3.05, 3.63) is 41.1 Å². The second-order valence-corrected chi connectivity index (χ2v) is 6.87. The second kappa shape index (κ2) is 6.06. The summed E-state index contributed by atoms with van der Waals surface area (Å²) in [5.41, 5.74) is 6.75. The highest BCUT2D eigenvalue weighted by Crippen LogP contribution is 2.39. The van der Waals surface area contributed by atoms with Crippen LogP contribution in [0, 0.1) is 0 Å². The summed E-state index contributed by atoms with van der Waals surface area (Å²) in [5, 5.41) is 13.9. The van der Waals surface area contributed by atoms with E-state index in [1.807, 2.05) is 12.1 Å². The molecular formula is C18H20N6O2. The maximum absolute atomic E-state index is 12.9. The van der Waals surface area contributed by atoms with Crippen molar-refractivity contribution in [2.75, 3.05) is 17.7 Å². The molecule has 1 aliphatic rings. The Bertz CT molecular complexity index is 1020. The fourth-order valence-corrected chi connectivity index (χ4v) is 2.89. The van der Waals surface area contributed by atoms with Crippen molar-refractivity contribution in [2.24, 2.45) is 0 Å². The van der Waals surface area contributed by atoms with Crippen LogP contribution in [0.25, 0.3) is 22.0 Å². The number of nitrogens with one attached hydrogen (secondary N) is 1. The second-order valence-electron chi connectivity index (χ2n) is 6.87. The van der Waals surface area contributed by atoms with Crippen molar-refractivity contribution in [3.8, 4) is 11.3 Å². The Morgan fingerprint density at radius 1 is 1.35 bits per heavy atom. The van der Waals surface area contributed by atoms with Crippen molar-refractivity contribution in [1.82, 2.24) is 19.5 Å². The van der Waals surface area contributed by atoms with Crippen LogP contribution < -0.4 is 16.6 Å². The molecule has 0 aromatic carbocycles. The van der Waals surface area contributed by atoms with E-state index in [9.17, 15) is 9.90 Å². The van der Waals surface area contributed by atoms with Crippen LogP contribution in [0.5, 0.6) is 0 Å². The minimum absolute atomic E-state index is 0.0414. The lowest BCUT2D eigenvalue weighted by Crippen LogP contribution is -2.24. The summed E-state index contributed by atoms with van der Waals surface area (Å²) in [6, 6.07) is 3.70. The molecule has 0 saturated heterocycles. The molecule has 1 saturated carbocycles. The Hall–Kier alpha value is -3.00. The SMILES string of the molecule is CC1(Nc2nc(-c3cnc(N)nc3)cc3ccn(CCO)c(=O)c23)CC1. The van der Waals surface area contributed by atoms with E-state index in [4.69, 9.17) is 5.73 Å². The summed E-state index contributed by atoms with van der Waals surface area (Å²) in [6.07, 6.45) is 6.98. The molecule has 134 valence electrons. The molecule has 0 radical (unpaired) electrons. The summed E-state index contributed by atoms with van der Waals surface area (Å²) in [5.74, 6) is 0.747. The van der Waals surface area contributed by atoms with Gasteiger partial charge < -0.3 is 20.7 Å². The average Bonchev–Trinajstić information content (AvgIpc) is 3.34. The van der Waals surface area contributed by atoms with Crippen LogP contribution in [-0.2, 0) is 6.54 Å². The predicted octanol–water partition coefficient (Wildman–Crippen LogP) is 1.39. The minimum atomic E-state index is -0.170. The third-order valence-electron chi connectivity index (χ3n) is 4.69. The van der Waals surface area contributed by atoms with E-state index in [0.717, 1.165) is 23.8 Å². The van der Waals surface area contributed by atoms with Crippen molar-refractivity contribution in [3.63, 3.8) is 0 Å². The number of aromatic nitrogens is 4. The van der Waals surface area contributed by atoms with Crippen molar-refractivity contribution in [2.45, 2.75) is 31.8 Å². The van der Waals surface area contributed by atoms with Crippen LogP contribution in [-0.4, -0.2) is 36.8 Å². The molecule has 0 aliphatic heterocycles. The molecule has 1 aliphatic carbocycles. The number of rotatable bonds is 5. The normalized spacial score (nSPS) is 15.2. The van der Waals surface area contributed by atoms with Gasteiger partial charge in [0.05, 0.1) is 17.7 Å². The summed E-state index contributed by atoms with van der Waals surface area (Å²) < 4.78 is 1.50. The van der Waals surface area contributed by atoms with Gasteiger partial charge >= 0.3 is 0 Å². The lowest BCUT2D eigenvalue weighted by molar-refractivity contribution is 0.274. The topological polar surface area (TPSA) is 119 Å². The molecule has 0 bridgehead atoms. The summed E-state index contributed by atoms with van der Waals surface area (Å²) in [6.45, 7) is 2.26. The van der Waals surface area contributed by atoms with E-state index in [1.54, 1.807) is 18.6 Å². The van der Waals surface area contributed by atoms with E-state index in [1.165, 1.54) is 4.57 Å². The van der Waals surface area contributed by atoms with E-state index in [2.05, 4.69) is 27.2 Å². The molecule has 0 atom stereocenters. The number of nitrogens with two attached hydrogens (primary N) is 1. The third-order valence-corrected chi connectivity index (χ3v) is 4.69. The number of anilines is 2. The number of pyridine rings is 2. The van der Waals surface area contributed by atoms with Gasteiger partial charge in [-0.25, -0.2) is 15.0 Å². The molecule has 0 spiro atoms. The molecule has 8 nitrogen and oxygen atoms in total. The highest BCUT2D eigenvalue weighted by Gasteiger charge is 2.38. The Kier molecular flexibility index (Phi) is 3.84. The number of nitrogen functional groups attached to an aromatic ring is 1.